The standard InChI is InChI=1S/C11H13BrO4/c1-14-8-4-7(6-10(12)13)5-9(15-2)11(8)16-3/h4-5H,6H2,1-3H3. The molecule has 0 heterocycles. The number of hydrogen-bond acceptors (Lipinski definition) is 4. The molecule has 0 bridgehead atoms. The van der Waals surface area contributed by atoms with Gasteiger partial charge in [0, 0.05) is 6.42 Å². The predicted molar refractivity (Wildman–Crippen MR) is 63.7 cm³/mol. The third-order valence-corrected chi connectivity index (χ3v) is 2.35. The Labute approximate surface area is 103 Å². The molecule has 16 heavy (non-hydrogen) atoms. The first-order valence-electron chi connectivity index (χ1n) is 4.59. The summed E-state index contributed by atoms with van der Waals surface area (Å²) in [5, 5.41) is 0. The zero-order chi connectivity index (χ0) is 12.1. The van der Waals surface area contributed by atoms with Gasteiger partial charge in [-0.25, -0.2) is 0 Å². The van der Waals surface area contributed by atoms with E-state index in [2.05, 4.69) is 15.9 Å². The molecule has 0 aliphatic heterocycles. The van der Waals surface area contributed by atoms with E-state index in [-0.39, 0.29) is 11.1 Å². The maximum absolute atomic E-state index is 11.0. The molecule has 0 amide bonds. The molecule has 0 N–H and O–H groups in total. The van der Waals surface area contributed by atoms with Gasteiger partial charge in [-0.3, -0.25) is 4.79 Å². The molecular formula is C11H13BrO4. The highest BCUT2D eigenvalue weighted by molar-refractivity contribution is 9.18. The van der Waals surface area contributed by atoms with Crippen molar-refractivity contribution in [3.63, 3.8) is 0 Å². The van der Waals surface area contributed by atoms with Gasteiger partial charge < -0.3 is 14.2 Å². The number of carbonyl (C=O) groups is 1. The van der Waals surface area contributed by atoms with Crippen LogP contribution in [-0.4, -0.2) is 26.0 Å². The van der Waals surface area contributed by atoms with Gasteiger partial charge in [-0.2, -0.15) is 0 Å². The van der Waals surface area contributed by atoms with Gasteiger partial charge in [-0.1, -0.05) is 0 Å². The fraction of sp³-hybridized carbons (Fsp3) is 0.364. The second kappa shape index (κ2) is 5.75. The molecule has 0 aliphatic rings. The molecule has 0 fully saturated rings. The van der Waals surface area contributed by atoms with Gasteiger partial charge >= 0.3 is 0 Å². The van der Waals surface area contributed by atoms with E-state index in [1.165, 1.54) is 21.3 Å². The van der Waals surface area contributed by atoms with Crippen LogP contribution in [0.25, 0.3) is 0 Å². The topological polar surface area (TPSA) is 44.8 Å². The van der Waals surface area contributed by atoms with Crippen molar-refractivity contribution >= 4 is 20.6 Å². The van der Waals surface area contributed by atoms with Crippen molar-refractivity contribution in [1.29, 1.82) is 0 Å². The van der Waals surface area contributed by atoms with E-state index >= 15 is 0 Å². The minimum Gasteiger partial charge on any atom is -0.493 e. The summed E-state index contributed by atoms with van der Waals surface area (Å²) in [7, 11) is 4.61. The lowest BCUT2D eigenvalue weighted by molar-refractivity contribution is -0.109. The summed E-state index contributed by atoms with van der Waals surface area (Å²) < 4.78 is 15.4. The van der Waals surface area contributed by atoms with Crippen LogP contribution in [-0.2, 0) is 11.2 Å². The number of hydrogen-bond donors (Lipinski definition) is 0. The summed E-state index contributed by atoms with van der Waals surface area (Å²) in [4.78, 5) is 11.0. The summed E-state index contributed by atoms with van der Waals surface area (Å²) in [6.45, 7) is 0. The first-order valence-corrected chi connectivity index (χ1v) is 5.39. The molecule has 1 aromatic carbocycles. The molecule has 0 unspecified atom stereocenters. The minimum absolute atomic E-state index is 0.0956. The van der Waals surface area contributed by atoms with Crippen LogP contribution in [0, 0.1) is 0 Å². The maximum atomic E-state index is 11.0. The largest absolute Gasteiger partial charge is 0.493 e. The molecule has 1 rings (SSSR count). The summed E-state index contributed by atoms with van der Waals surface area (Å²) in [6, 6.07) is 3.50. The van der Waals surface area contributed by atoms with Gasteiger partial charge in [0.05, 0.1) is 21.3 Å². The molecule has 0 aromatic heterocycles. The van der Waals surface area contributed by atoms with Gasteiger partial charge in [0.15, 0.2) is 11.5 Å². The van der Waals surface area contributed by atoms with Gasteiger partial charge in [0.25, 0.3) is 0 Å². The van der Waals surface area contributed by atoms with Gasteiger partial charge in [0.1, 0.15) is 0 Å². The number of carbonyl (C=O) groups excluding carboxylic acids is 1. The van der Waals surface area contributed by atoms with Gasteiger partial charge in [-0.05, 0) is 33.6 Å². The minimum atomic E-state index is -0.0956. The Morgan fingerprint density at radius 3 is 1.94 bits per heavy atom. The molecule has 0 atom stereocenters. The van der Waals surface area contributed by atoms with Crippen LogP contribution in [0.4, 0.5) is 0 Å². The number of rotatable bonds is 5. The Hall–Kier alpha value is -1.23. The molecule has 0 aliphatic carbocycles. The molecule has 0 spiro atoms. The van der Waals surface area contributed by atoms with Crippen molar-refractivity contribution < 1.29 is 19.0 Å². The normalized spacial score (nSPS) is 9.75. The summed E-state index contributed by atoms with van der Waals surface area (Å²) in [5.41, 5.74) is 0.802. The van der Waals surface area contributed by atoms with Crippen molar-refractivity contribution in [3.8, 4) is 17.2 Å². The van der Waals surface area contributed by atoms with E-state index in [9.17, 15) is 4.79 Å². The Morgan fingerprint density at radius 2 is 1.62 bits per heavy atom. The molecule has 1 aromatic rings. The van der Waals surface area contributed by atoms with Gasteiger partial charge in [0.2, 0.25) is 10.4 Å². The number of ether oxygens (including phenoxy) is 3. The molecule has 0 saturated carbocycles. The SMILES string of the molecule is COc1cc(CC(=O)Br)cc(OC)c1OC. The first kappa shape index (κ1) is 12.8. The number of benzene rings is 1. The third-order valence-electron chi connectivity index (χ3n) is 2.07. The number of methoxy groups -OCH3 is 3. The summed E-state index contributed by atoms with van der Waals surface area (Å²) in [6.07, 6.45) is 0.275. The van der Waals surface area contributed by atoms with Crippen molar-refractivity contribution in [2.24, 2.45) is 0 Å². The van der Waals surface area contributed by atoms with E-state index in [4.69, 9.17) is 14.2 Å². The quantitative estimate of drug-likeness (QED) is 0.779. The third kappa shape index (κ3) is 2.88. The number of halogens is 1. The Balaban J connectivity index is 3.20. The zero-order valence-electron chi connectivity index (χ0n) is 9.37. The fourth-order valence-electron chi connectivity index (χ4n) is 1.40. The fourth-order valence-corrected chi connectivity index (χ4v) is 1.72. The van der Waals surface area contributed by atoms with Crippen LogP contribution in [0.5, 0.6) is 17.2 Å². The maximum Gasteiger partial charge on any atom is 0.203 e. The monoisotopic (exact) mass is 288 g/mol. The highest BCUT2D eigenvalue weighted by atomic mass is 79.9. The van der Waals surface area contributed by atoms with E-state index < -0.39 is 0 Å². The van der Waals surface area contributed by atoms with Crippen LogP contribution in [0.1, 0.15) is 5.56 Å². The van der Waals surface area contributed by atoms with Crippen LogP contribution in [0.15, 0.2) is 12.1 Å². The summed E-state index contributed by atoms with van der Waals surface area (Å²) in [5.74, 6) is 1.62. The highest BCUT2D eigenvalue weighted by Crippen LogP contribution is 2.38. The second-order valence-corrected chi connectivity index (χ2v) is 3.95. The highest BCUT2D eigenvalue weighted by Gasteiger charge is 2.13. The van der Waals surface area contributed by atoms with Crippen LogP contribution in [0.3, 0.4) is 0 Å². The van der Waals surface area contributed by atoms with Crippen molar-refractivity contribution in [3.05, 3.63) is 17.7 Å². The first-order chi connectivity index (χ1) is 7.62. The van der Waals surface area contributed by atoms with E-state index in [1.54, 1.807) is 12.1 Å². The van der Waals surface area contributed by atoms with Crippen LogP contribution < -0.4 is 14.2 Å². The zero-order valence-corrected chi connectivity index (χ0v) is 11.0. The Bertz CT molecular complexity index is 365. The Morgan fingerprint density at radius 1 is 1.12 bits per heavy atom. The van der Waals surface area contributed by atoms with Crippen molar-refractivity contribution in [2.45, 2.75) is 6.42 Å². The molecule has 88 valence electrons. The lowest BCUT2D eigenvalue weighted by Crippen LogP contribution is -1.99. The molecule has 0 saturated heterocycles. The predicted octanol–water partition coefficient (Wildman–Crippen LogP) is 2.18. The average molecular weight is 289 g/mol. The smallest absolute Gasteiger partial charge is 0.203 e. The van der Waals surface area contributed by atoms with E-state index in [0.717, 1.165) is 5.56 Å². The molecular weight excluding hydrogens is 276 g/mol. The lowest BCUT2D eigenvalue weighted by atomic mass is 10.1. The second-order valence-electron chi connectivity index (χ2n) is 3.07. The van der Waals surface area contributed by atoms with E-state index in [1.807, 2.05) is 0 Å². The van der Waals surface area contributed by atoms with Gasteiger partial charge in [-0.15, -0.1) is 0 Å². The average Bonchev–Trinajstić information content (AvgIpc) is 2.26. The van der Waals surface area contributed by atoms with Crippen LogP contribution >= 0.6 is 15.9 Å². The van der Waals surface area contributed by atoms with E-state index in [0.29, 0.717) is 17.2 Å². The van der Waals surface area contributed by atoms with Crippen LogP contribution in [0.2, 0.25) is 0 Å². The molecule has 4 nitrogen and oxygen atoms in total. The Kier molecular flexibility index (Phi) is 4.61. The van der Waals surface area contributed by atoms with Crippen molar-refractivity contribution in [1.82, 2.24) is 0 Å². The lowest BCUT2D eigenvalue weighted by Gasteiger charge is -2.13. The summed E-state index contributed by atoms with van der Waals surface area (Å²) >= 11 is 2.89. The van der Waals surface area contributed by atoms with Crippen molar-refractivity contribution in [2.75, 3.05) is 21.3 Å². The molecule has 5 heteroatoms. The molecule has 0 radical (unpaired) electrons.